The van der Waals surface area contributed by atoms with E-state index >= 15 is 0 Å². The van der Waals surface area contributed by atoms with Crippen LogP contribution in [0.2, 0.25) is 0 Å². The highest BCUT2D eigenvalue weighted by Gasteiger charge is 2.19. The molecule has 0 fully saturated rings. The van der Waals surface area contributed by atoms with E-state index in [2.05, 4.69) is 29.8 Å². The molecule has 0 unspecified atom stereocenters. The van der Waals surface area contributed by atoms with E-state index in [1.807, 2.05) is 6.07 Å². The number of methoxy groups -OCH3 is 2. The molecule has 0 bridgehead atoms. The standard InChI is InChI=1S/C14H19BrO3/c1-9(2)12-10(6-5-7-16)8-11(17-3)14(18-4)13(12)15/h7-9H,5-6H2,1-4H3. The minimum Gasteiger partial charge on any atom is -0.493 e. The van der Waals surface area contributed by atoms with Crippen LogP contribution in [0.4, 0.5) is 0 Å². The van der Waals surface area contributed by atoms with Crippen LogP contribution in [0.1, 0.15) is 37.3 Å². The maximum Gasteiger partial charge on any atom is 0.175 e. The van der Waals surface area contributed by atoms with Crippen molar-refractivity contribution in [1.29, 1.82) is 0 Å². The summed E-state index contributed by atoms with van der Waals surface area (Å²) in [5.41, 5.74) is 2.30. The van der Waals surface area contributed by atoms with E-state index in [4.69, 9.17) is 9.47 Å². The number of halogens is 1. The molecule has 18 heavy (non-hydrogen) atoms. The number of carbonyl (C=O) groups is 1. The Bertz CT molecular complexity index is 428. The van der Waals surface area contributed by atoms with Gasteiger partial charge in [0.2, 0.25) is 0 Å². The third kappa shape index (κ3) is 3.05. The van der Waals surface area contributed by atoms with Crippen LogP contribution in [0.5, 0.6) is 11.5 Å². The Morgan fingerprint density at radius 2 is 2.00 bits per heavy atom. The van der Waals surface area contributed by atoms with E-state index in [0.717, 1.165) is 22.7 Å². The highest BCUT2D eigenvalue weighted by atomic mass is 79.9. The van der Waals surface area contributed by atoms with Crippen LogP contribution in [0.25, 0.3) is 0 Å². The zero-order valence-corrected chi connectivity index (χ0v) is 12.8. The largest absolute Gasteiger partial charge is 0.493 e. The lowest BCUT2D eigenvalue weighted by molar-refractivity contribution is -0.107. The molecule has 1 rings (SSSR count). The SMILES string of the molecule is COc1cc(CCC=O)c(C(C)C)c(Br)c1OC. The van der Waals surface area contributed by atoms with Gasteiger partial charge in [0.1, 0.15) is 6.29 Å². The molecule has 0 saturated heterocycles. The second-order valence-electron chi connectivity index (χ2n) is 4.36. The van der Waals surface area contributed by atoms with Crippen molar-refractivity contribution in [1.82, 2.24) is 0 Å². The minimum absolute atomic E-state index is 0.348. The molecule has 100 valence electrons. The Balaban J connectivity index is 3.39. The molecule has 0 aliphatic heterocycles. The summed E-state index contributed by atoms with van der Waals surface area (Å²) in [4.78, 5) is 10.6. The van der Waals surface area contributed by atoms with Gasteiger partial charge in [-0.25, -0.2) is 0 Å². The van der Waals surface area contributed by atoms with Crippen LogP contribution in [-0.2, 0) is 11.2 Å². The molecule has 0 spiro atoms. The molecule has 0 atom stereocenters. The van der Waals surface area contributed by atoms with Crippen molar-refractivity contribution in [2.24, 2.45) is 0 Å². The second-order valence-corrected chi connectivity index (χ2v) is 5.15. The van der Waals surface area contributed by atoms with Crippen LogP contribution < -0.4 is 9.47 Å². The van der Waals surface area contributed by atoms with Gasteiger partial charge in [0.15, 0.2) is 11.5 Å². The monoisotopic (exact) mass is 314 g/mol. The van der Waals surface area contributed by atoms with E-state index in [0.29, 0.717) is 23.8 Å². The minimum atomic E-state index is 0.348. The van der Waals surface area contributed by atoms with Gasteiger partial charge >= 0.3 is 0 Å². The maximum absolute atomic E-state index is 10.6. The molecular weight excluding hydrogens is 296 g/mol. The zero-order valence-electron chi connectivity index (χ0n) is 11.2. The Morgan fingerprint density at radius 3 is 2.44 bits per heavy atom. The maximum atomic E-state index is 10.6. The van der Waals surface area contributed by atoms with Crippen LogP contribution >= 0.6 is 15.9 Å². The first kappa shape index (κ1) is 15.0. The molecule has 0 saturated carbocycles. The van der Waals surface area contributed by atoms with Gasteiger partial charge in [-0.05, 0) is 45.5 Å². The van der Waals surface area contributed by atoms with Gasteiger partial charge in [0.05, 0.1) is 18.7 Å². The molecule has 4 heteroatoms. The summed E-state index contributed by atoms with van der Waals surface area (Å²) >= 11 is 3.58. The lowest BCUT2D eigenvalue weighted by atomic mass is 9.94. The molecule has 0 aliphatic carbocycles. The summed E-state index contributed by atoms with van der Waals surface area (Å²) in [6.45, 7) is 4.24. The second kappa shape index (κ2) is 6.78. The summed E-state index contributed by atoms with van der Waals surface area (Å²) < 4.78 is 11.6. The number of rotatable bonds is 6. The van der Waals surface area contributed by atoms with Crippen molar-refractivity contribution in [3.63, 3.8) is 0 Å². The molecule has 0 heterocycles. The van der Waals surface area contributed by atoms with Gasteiger partial charge < -0.3 is 14.3 Å². The number of aryl methyl sites for hydroxylation is 1. The molecule has 0 aliphatic rings. The lowest BCUT2D eigenvalue weighted by Gasteiger charge is -2.19. The quantitative estimate of drug-likeness (QED) is 0.751. The summed E-state index contributed by atoms with van der Waals surface area (Å²) in [7, 11) is 3.24. The molecule has 0 amide bonds. The Morgan fingerprint density at radius 1 is 1.33 bits per heavy atom. The molecular formula is C14H19BrO3. The van der Waals surface area contributed by atoms with Crippen molar-refractivity contribution in [3.8, 4) is 11.5 Å². The van der Waals surface area contributed by atoms with Crippen LogP contribution in [0.3, 0.4) is 0 Å². The first-order valence-electron chi connectivity index (χ1n) is 5.93. The third-order valence-corrected chi connectivity index (χ3v) is 3.63. The molecule has 1 aromatic rings. The van der Waals surface area contributed by atoms with Crippen molar-refractivity contribution in [3.05, 3.63) is 21.7 Å². The van der Waals surface area contributed by atoms with Gasteiger partial charge in [-0.15, -0.1) is 0 Å². The first-order chi connectivity index (χ1) is 8.56. The Hall–Kier alpha value is -1.03. The number of carbonyl (C=O) groups excluding carboxylic acids is 1. The fourth-order valence-electron chi connectivity index (χ4n) is 2.06. The fraction of sp³-hybridized carbons (Fsp3) is 0.500. The van der Waals surface area contributed by atoms with Crippen LogP contribution in [0.15, 0.2) is 10.5 Å². The summed E-state index contributed by atoms with van der Waals surface area (Å²) in [5.74, 6) is 1.74. The number of hydrogen-bond donors (Lipinski definition) is 0. The Labute approximate surface area is 117 Å². The van der Waals surface area contributed by atoms with Crippen molar-refractivity contribution in [2.75, 3.05) is 14.2 Å². The number of benzene rings is 1. The Kier molecular flexibility index (Phi) is 5.66. The highest BCUT2D eigenvalue weighted by molar-refractivity contribution is 9.10. The van der Waals surface area contributed by atoms with E-state index in [1.165, 1.54) is 5.56 Å². The van der Waals surface area contributed by atoms with Gasteiger partial charge in [-0.1, -0.05) is 13.8 Å². The smallest absolute Gasteiger partial charge is 0.175 e. The molecule has 0 radical (unpaired) electrons. The molecule has 0 N–H and O–H groups in total. The van der Waals surface area contributed by atoms with Gasteiger partial charge in [-0.3, -0.25) is 0 Å². The first-order valence-corrected chi connectivity index (χ1v) is 6.72. The van der Waals surface area contributed by atoms with Gasteiger partial charge in [-0.2, -0.15) is 0 Å². The average Bonchev–Trinajstić information content (AvgIpc) is 2.34. The normalized spacial score (nSPS) is 10.6. The van der Waals surface area contributed by atoms with E-state index in [9.17, 15) is 4.79 Å². The van der Waals surface area contributed by atoms with Crippen molar-refractivity contribution in [2.45, 2.75) is 32.6 Å². The average molecular weight is 315 g/mol. The predicted molar refractivity (Wildman–Crippen MR) is 75.7 cm³/mol. The zero-order chi connectivity index (χ0) is 13.7. The highest BCUT2D eigenvalue weighted by Crippen LogP contribution is 2.42. The van der Waals surface area contributed by atoms with Crippen molar-refractivity contribution >= 4 is 22.2 Å². The predicted octanol–water partition coefficient (Wildman–Crippen LogP) is 3.72. The van der Waals surface area contributed by atoms with E-state index in [-0.39, 0.29) is 0 Å². The van der Waals surface area contributed by atoms with Crippen molar-refractivity contribution < 1.29 is 14.3 Å². The topological polar surface area (TPSA) is 35.5 Å². The molecule has 0 aromatic heterocycles. The van der Waals surface area contributed by atoms with E-state index in [1.54, 1.807) is 14.2 Å². The summed E-state index contributed by atoms with van der Waals surface area (Å²) in [5, 5.41) is 0. The van der Waals surface area contributed by atoms with Crippen LogP contribution in [0, 0.1) is 0 Å². The summed E-state index contributed by atoms with van der Waals surface area (Å²) in [6.07, 6.45) is 2.17. The molecule has 1 aromatic carbocycles. The molecule has 3 nitrogen and oxygen atoms in total. The fourth-order valence-corrected chi connectivity index (χ4v) is 3.13. The number of ether oxygens (including phenoxy) is 2. The number of hydrogen-bond acceptors (Lipinski definition) is 3. The summed E-state index contributed by atoms with van der Waals surface area (Å²) in [6, 6.07) is 1.96. The van der Waals surface area contributed by atoms with Gasteiger partial charge in [0.25, 0.3) is 0 Å². The third-order valence-electron chi connectivity index (χ3n) is 2.84. The number of aldehydes is 1. The van der Waals surface area contributed by atoms with Crippen LogP contribution in [-0.4, -0.2) is 20.5 Å². The van der Waals surface area contributed by atoms with E-state index < -0.39 is 0 Å². The van der Waals surface area contributed by atoms with Gasteiger partial charge in [0, 0.05) is 6.42 Å². The lowest BCUT2D eigenvalue weighted by Crippen LogP contribution is -2.03.